The number of methoxy groups -OCH3 is 1. The quantitative estimate of drug-likeness (QED) is 0.847. The van der Waals surface area contributed by atoms with Crippen LogP contribution < -0.4 is 10.1 Å². The maximum absolute atomic E-state index is 11.8. The van der Waals surface area contributed by atoms with Crippen LogP contribution in [0.5, 0.6) is 5.88 Å². The standard InChI is InChI=1S/C12H16N2O3/c1-16-11-5-4-9(7-13-11)12(15)14-8-10-3-2-6-17-10/h4-5,7,10H,2-3,6,8H2,1H3,(H,14,15)/t10-/m1/s1. The predicted molar refractivity (Wildman–Crippen MR) is 62.1 cm³/mol. The molecule has 1 amide bonds. The Bertz CT molecular complexity index is 372. The Balaban J connectivity index is 1.85. The average molecular weight is 236 g/mol. The first kappa shape index (κ1) is 11.9. The van der Waals surface area contributed by atoms with Crippen LogP contribution in [0.1, 0.15) is 23.2 Å². The van der Waals surface area contributed by atoms with E-state index in [2.05, 4.69) is 10.3 Å². The minimum absolute atomic E-state index is 0.129. The van der Waals surface area contributed by atoms with Crippen LogP contribution in [-0.4, -0.2) is 37.3 Å². The van der Waals surface area contributed by atoms with E-state index >= 15 is 0 Å². The van der Waals surface area contributed by atoms with E-state index in [1.165, 1.54) is 6.20 Å². The van der Waals surface area contributed by atoms with Crippen molar-refractivity contribution in [2.45, 2.75) is 18.9 Å². The van der Waals surface area contributed by atoms with Crippen LogP contribution in [0, 0.1) is 0 Å². The Morgan fingerprint density at radius 3 is 3.12 bits per heavy atom. The Morgan fingerprint density at radius 2 is 2.53 bits per heavy atom. The molecule has 1 aliphatic heterocycles. The molecule has 1 aromatic rings. The SMILES string of the molecule is COc1ccc(C(=O)NC[C@H]2CCCO2)cn1. The van der Waals surface area contributed by atoms with E-state index in [4.69, 9.17) is 9.47 Å². The molecule has 0 spiro atoms. The van der Waals surface area contributed by atoms with Crippen LogP contribution in [0.3, 0.4) is 0 Å². The Labute approximate surface area is 100 Å². The number of aromatic nitrogens is 1. The number of hydrogen-bond acceptors (Lipinski definition) is 4. The predicted octanol–water partition coefficient (Wildman–Crippen LogP) is 0.999. The van der Waals surface area contributed by atoms with Gasteiger partial charge in [0.05, 0.1) is 18.8 Å². The third-order valence-electron chi connectivity index (χ3n) is 2.72. The molecule has 0 radical (unpaired) electrons. The van der Waals surface area contributed by atoms with Crippen LogP contribution in [0.25, 0.3) is 0 Å². The highest BCUT2D eigenvalue weighted by Crippen LogP contribution is 2.11. The highest BCUT2D eigenvalue weighted by Gasteiger charge is 2.16. The van der Waals surface area contributed by atoms with E-state index in [1.807, 2.05) is 0 Å². The second kappa shape index (κ2) is 5.63. The van der Waals surface area contributed by atoms with Gasteiger partial charge < -0.3 is 14.8 Å². The molecule has 0 saturated carbocycles. The first-order valence-electron chi connectivity index (χ1n) is 5.69. The van der Waals surface area contributed by atoms with Crippen molar-refractivity contribution in [2.24, 2.45) is 0 Å². The Morgan fingerprint density at radius 1 is 1.65 bits per heavy atom. The number of nitrogens with zero attached hydrogens (tertiary/aromatic N) is 1. The molecule has 1 saturated heterocycles. The first-order valence-corrected chi connectivity index (χ1v) is 5.69. The molecule has 2 heterocycles. The summed E-state index contributed by atoms with van der Waals surface area (Å²) < 4.78 is 10.4. The number of pyridine rings is 1. The van der Waals surface area contributed by atoms with Crippen LogP contribution in [0.4, 0.5) is 0 Å². The summed E-state index contributed by atoms with van der Waals surface area (Å²) in [5.41, 5.74) is 0.531. The Hall–Kier alpha value is -1.62. The van der Waals surface area contributed by atoms with Crippen molar-refractivity contribution in [1.82, 2.24) is 10.3 Å². The van der Waals surface area contributed by atoms with Crippen molar-refractivity contribution >= 4 is 5.91 Å². The average Bonchev–Trinajstić information content (AvgIpc) is 2.89. The molecule has 1 aliphatic rings. The van der Waals surface area contributed by atoms with Gasteiger partial charge in [0.25, 0.3) is 5.91 Å². The fourth-order valence-corrected chi connectivity index (χ4v) is 1.75. The largest absolute Gasteiger partial charge is 0.481 e. The number of hydrogen-bond donors (Lipinski definition) is 1. The molecule has 1 N–H and O–H groups in total. The van der Waals surface area contributed by atoms with Gasteiger partial charge in [-0.1, -0.05) is 0 Å². The zero-order valence-corrected chi connectivity index (χ0v) is 9.81. The molecule has 0 aromatic carbocycles. The molecule has 0 unspecified atom stereocenters. The van der Waals surface area contributed by atoms with Crippen molar-refractivity contribution in [3.05, 3.63) is 23.9 Å². The lowest BCUT2D eigenvalue weighted by Gasteiger charge is -2.10. The van der Waals surface area contributed by atoms with Gasteiger partial charge in [0.1, 0.15) is 0 Å². The van der Waals surface area contributed by atoms with E-state index < -0.39 is 0 Å². The van der Waals surface area contributed by atoms with Crippen LogP contribution in [0.2, 0.25) is 0 Å². The maximum Gasteiger partial charge on any atom is 0.252 e. The lowest BCUT2D eigenvalue weighted by atomic mass is 10.2. The molecule has 1 aromatic heterocycles. The van der Waals surface area contributed by atoms with Gasteiger partial charge in [-0.3, -0.25) is 4.79 Å². The van der Waals surface area contributed by atoms with Crippen molar-refractivity contribution in [3.8, 4) is 5.88 Å². The molecule has 5 heteroatoms. The minimum atomic E-state index is -0.129. The Kier molecular flexibility index (Phi) is 3.93. The van der Waals surface area contributed by atoms with E-state index in [0.29, 0.717) is 18.0 Å². The number of amides is 1. The third kappa shape index (κ3) is 3.17. The number of ether oxygens (including phenoxy) is 2. The summed E-state index contributed by atoms with van der Waals surface area (Å²) in [7, 11) is 1.54. The van der Waals surface area contributed by atoms with Gasteiger partial charge in [0, 0.05) is 25.4 Å². The molecule has 5 nitrogen and oxygen atoms in total. The number of carbonyl (C=O) groups is 1. The highest BCUT2D eigenvalue weighted by molar-refractivity contribution is 5.93. The van der Waals surface area contributed by atoms with Crippen molar-refractivity contribution in [1.29, 1.82) is 0 Å². The second-order valence-corrected chi connectivity index (χ2v) is 3.93. The number of rotatable bonds is 4. The van der Waals surface area contributed by atoms with Crippen LogP contribution in [-0.2, 0) is 4.74 Å². The molecular weight excluding hydrogens is 220 g/mol. The summed E-state index contributed by atoms with van der Waals surface area (Å²) in [6.07, 6.45) is 3.75. The lowest BCUT2D eigenvalue weighted by molar-refractivity contribution is 0.0857. The summed E-state index contributed by atoms with van der Waals surface area (Å²) in [5.74, 6) is 0.372. The molecule has 0 bridgehead atoms. The van der Waals surface area contributed by atoms with Gasteiger partial charge in [-0.25, -0.2) is 4.98 Å². The van der Waals surface area contributed by atoms with Gasteiger partial charge in [0.15, 0.2) is 0 Å². The molecule has 92 valence electrons. The highest BCUT2D eigenvalue weighted by atomic mass is 16.5. The van der Waals surface area contributed by atoms with E-state index in [-0.39, 0.29) is 12.0 Å². The fourth-order valence-electron chi connectivity index (χ4n) is 1.75. The van der Waals surface area contributed by atoms with E-state index in [1.54, 1.807) is 19.2 Å². The van der Waals surface area contributed by atoms with E-state index in [0.717, 1.165) is 19.4 Å². The van der Waals surface area contributed by atoms with Gasteiger partial charge in [-0.15, -0.1) is 0 Å². The molecule has 0 aliphatic carbocycles. The normalized spacial score (nSPS) is 19.0. The summed E-state index contributed by atoms with van der Waals surface area (Å²) in [6.45, 7) is 1.36. The molecule has 17 heavy (non-hydrogen) atoms. The second-order valence-electron chi connectivity index (χ2n) is 3.93. The number of carbonyl (C=O) groups excluding carboxylic acids is 1. The third-order valence-corrected chi connectivity index (χ3v) is 2.72. The van der Waals surface area contributed by atoms with Gasteiger partial charge in [-0.2, -0.15) is 0 Å². The molecular formula is C12H16N2O3. The molecule has 1 fully saturated rings. The van der Waals surface area contributed by atoms with E-state index in [9.17, 15) is 4.79 Å². The zero-order chi connectivity index (χ0) is 12.1. The monoisotopic (exact) mass is 236 g/mol. The summed E-state index contributed by atoms with van der Waals surface area (Å²) in [6, 6.07) is 3.36. The first-order chi connectivity index (χ1) is 8.29. The van der Waals surface area contributed by atoms with Crippen molar-refractivity contribution in [2.75, 3.05) is 20.3 Å². The van der Waals surface area contributed by atoms with Crippen molar-refractivity contribution in [3.63, 3.8) is 0 Å². The fraction of sp³-hybridized carbons (Fsp3) is 0.500. The topological polar surface area (TPSA) is 60.5 Å². The van der Waals surface area contributed by atoms with Gasteiger partial charge in [0.2, 0.25) is 5.88 Å². The molecule has 1 atom stereocenters. The smallest absolute Gasteiger partial charge is 0.252 e. The molecule has 2 rings (SSSR count). The van der Waals surface area contributed by atoms with Crippen molar-refractivity contribution < 1.29 is 14.3 Å². The maximum atomic E-state index is 11.8. The number of nitrogens with one attached hydrogen (secondary N) is 1. The lowest BCUT2D eigenvalue weighted by Crippen LogP contribution is -2.31. The van der Waals surface area contributed by atoms with Crippen LogP contribution in [0.15, 0.2) is 18.3 Å². The summed E-state index contributed by atoms with van der Waals surface area (Å²) in [5, 5.41) is 2.83. The summed E-state index contributed by atoms with van der Waals surface area (Å²) in [4.78, 5) is 15.7. The van der Waals surface area contributed by atoms with Gasteiger partial charge >= 0.3 is 0 Å². The van der Waals surface area contributed by atoms with Gasteiger partial charge in [-0.05, 0) is 18.9 Å². The zero-order valence-electron chi connectivity index (χ0n) is 9.81. The minimum Gasteiger partial charge on any atom is -0.481 e. The summed E-state index contributed by atoms with van der Waals surface area (Å²) >= 11 is 0. The van der Waals surface area contributed by atoms with Crippen LogP contribution >= 0.6 is 0 Å².